The molecule has 1 aliphatic heterocycles. The van der Waals surface area contributed by atoms with Gasteiger partial charge in [0, 0.05) is 42.8 Å². The highest BCUT2D eigenvalue weighted by atomic mass is 32.2. The molecule has 1 fully saturated rings. The van der Waals surface area contributed by atoms with Crippen LogP contribution in [0.15, 0.2) is 29.3 Å². The smallest absolute Gasteiger partial charge is 0.404 e. The molecule has 4 rings (SSSR count). The zero-order valence-corrected chi connectivity index (χ0v) is 23.6. The highest BCUT2D eigenvalue weighted by molar-refractivity contribution is 7.90. The molecule has 216 valence electrons. The molecule has 5 N–H and O–H groups in total. The molecule has 1 aliphatic carbocycles. The standard InChI is InChI=1S/C25H34N8O6S/c1-14(2)33-13-21(34)32(3)20-12-26-23(31-22(20)33)27-17-9-18(11-19(10-17)40(4,38)39)29-24(35)28-15-5-7-16(8-6-15)30-25(36)37/h9-12,14-16,30H,5-8,13H2,1-4H3,(H,36,37)(H,26,27,31)(H2,28,29,35). The second-order valence-electron chi connectivity index (χ2n) is 10.3. The topological polar surface area (TPSA) is 186 Å². The van der Waals surface area contributed by atoms with Crippen LogP contribution in [0.1, 0.15) is 39.5 Å². The van der Waals surface area contributed by atoms with Crippen molar-refractivity contribution in [3.63, 3.8) is 0 Å². The Morgan fingerprint density at radius 1 is 1.05 bits per heavy atom. The number of urea groups is 1. The normalized spacial score (nSPS) is 19.2. The molecule has 1 aromatic heterocycles. The Bertz CT molecular complexity index is 1410. The van der Waals surface area contributed by atoms with Crippen LogP contribution in [0.25, 0.3) is 0 Å². The largest absolute Gasteiger partial charge is 0.465 e. The number of carbonyl (C=O) groups excluding carboxylic acids is 2. The van der Waals surface area contributed by atoms with Crippen molar-refractivity contribution in [1.82, 2.24) is 20.6 Å². The zero-order chi connectivity index (χ0) is 29.2. The Hall–Kier alpha value is -4.14. The average molecular weight is 575 g/mol. The summed E-state index contributed by atoms with van der Waals surface area (Å²) in [7, 11) is -1.97. The summed E-state index contributed by atoms with van der Waals surface area (Å²) in [4.78, 5) is 48.2. The van der Waals surface area contributed by atoms with Crippen LogP contribution in [0, 0.1) is 0 Å². The molecule has 2 heterocycles. The van der Waals surface area contributed by atoms with E-state index in [1.807, 2.05) is 18.7 Å². The van der Waals surface area contributed by atoms with Crippen molar-refractivity contribution >= 4 is 56.7 Å². The molecule has 0 atom stereocenters. The SMILES string of the molecule is CC(C)N1CC(=O)N(C)c2cnc(Nc3cc(NC(=O)NC4CCC(NC(=O)O)CC4)cc(S(C)(=O)=O)c3)nc21. The molecule has 14 nitrogen and oxygen atoms in total. The van der Waals surface area contributed by atoms with Crippen LogP contribution < -0.4 is 31.1 Å². The highest BCUT2D eigenvalue weighted by Crippen LogP contribution is 2.33. The fraction of sp³-hybridized carbons (Fsp3) is 0.480. The number of sulfone groups is 1. The number of anilines is 5. The van der Waals surface area contributed by atoms with Gasteiger partial charge in [-0.05, 0) is 57.7 Å². The van der Waals surface area contributed by atoms with Crippen molar-refractivity contribution < 1.29 is 27.9 Å². The predicted molar refractivity (Wildman–Crippen MR) is 150 cm³/mol. The van der Waals surface area contributed by atoms with E-state index in [1.165, 1.54) is 23.2 Å². The van der Waals surface area contributed by atoms with Gasteiger partial charge in [-0.2, -0.15) is 4.98 Å². The third kappa shape index (κ3) is 6.89. The molecule has 2 aliphatic rings. The van der Waals surface area contributed by atoms with Gasteiger partial charge >= 0.3 is 12.1 Å². The average Bonchev–Trinajstić information content (AvgIpc) is 2.86. The molecule has 1 saturated carbocycles. The summed E-state index contributed by atoms with van der Waals surface area (Å²) < 4.78 is 24.8. The second-order valence-corrected chi connectivity index (χ2v) is 12.3. The first-order chi connectivity index (χ1) is 18.8. The summed E-state index contributed by atoms with van der Waals surface area (Å²) in [5.41, 5.74) is 1.15. The van der Waals surface area contributed by atoms with E-state index in [2.05, 4.69) is 31.2 Å². The molecule has 0 radical (unpaired) electrons. The van der Waals surface area contributed by atoms with Crippen molar-refractivity contribution in [2.24, 2.45) is 0 Å². The number of nitrogens with zero attached hydrogens (tertiary/aromatic N) is 4. The predicted octanol–water partition coefficient (Wildman–Crippen LogP) is 2.52. The van der Waals surface area contributed by atoms with Crippen molar-refractivity contribution in [2.45, 2.75) is 62.6 Å². The maximum atomic E-state index is 12.7. The van der Waals surface area contributed by atoms with Gasteiger partial charge in [0.05, 0.1) is 17.6 Å². The van der Waals surface area contributed by atoms with Gasteiger partial charge in [0.2, 0.25) is 11.9 Å². The van der Waals surface area contributed by atoms with E-state index in [9.17, 15) is 22.8 Å². The minimum atomic E-state index is -3.63. The van der Waals surface area contributed by atoms with Crippen LogP contribution in [0.4, 0.5) is 38.4 Å². The van der Waals surface area contributed by atoms with Crippen LogP contribution in [-0.2, 0) is 14.6 Å². The van der Waals surface area contributed by atoms with Gasteiger partial charge in [-0.3, -0.25) is 4.79 Å². The molecule has 0 unspecified atom stereocenters. The summed E-state index contributed by atoms with van der Waals surface area (Å²) in [5.74, 6) is 0.685. The van der Waals surface area contributed by atoms with Crippen molar-refractivity contribution in [1.29, 1.82) is 0 Å². The number of likely N-dealkylation sites (N-methyl/N-ethyl adjacent to an activating group) is 1. The van der Waals surface area contributed by atoms with Crippen molar-refractivity contribution in [2.75, 3.05) is 40.3 Å². The number of benzene rings is 1. The Morgan fingerprint density at radius 3 is 2.27 bits per heavy atom. The molecular formula is C25H34N8O6S. The maximum Gasteiger partial charge on any atom is 0.404 e. The molecule has 40 heavy (non-hydrogen) atoms. The number of fused-ring (bicyclic) bond motifs is 1. The Morgan fingerprint density at radius 2 is 1.68 bits per heavy atom. The van der Waals surface area contributed by atoms with Gasteiger partial charge in [-0.15, -0.1) is 0 Å². The zero-order valence-electron chi connectivity index (χ0n) is 22.8. The lowest BCUT2D eigenvalue weighted by molar-refractivity contribution is -0.117. The van der Waals surface area contributed by atoms with Gasteiger partial charge < -0.3 is 36.2 Å². The van der Waals surface area contributed by atoms with E-state index < -0.39 is 22.0 Å². The monoisotopic (exact) mass is 574 g/mol. The number of nitrogens with one attached hydrogen (secondary N) is 4. The van der Waals surface area contributed by atoms with Crippen LogP contribution in [-0.4, -0.2) is 79.5 Å². The van der Waals surface area contributed by atoms with Crippen molar-refractivity contribution in [3.05, 3.63) is 24.4 Å². The number of carbonyl (C=O) groups is 3. The third-order valence-corrected chi connectivity index (χ3v) is 8.02. The van der Waals surface area contributed by atoms with E-state index in [0.717, 1.165) is 6.26 Å². The number of aromatic nitrogens is 2. The Balaban J connectivity index is 1.51. The molecule has 0 spiro atoms. The van der Waals surface area contributed by atoms with Gasteiger partial charge in [-0.25, -0.2) is 23.0 Å². The van der Waals surface area contributed by atoms with E-state index in [1.54, 1.807) is 13.1 Å². The molecule has 0 saturated heterocycles. The lowest BCUT2D eigenvalue weighted by Crippen LogP contribution is -2.47. The van der Waals surface area contributed by atoms with Crippen LogP contribution in [0.5, 0.6) is 0 Å². The molecule has 2 aromatic rings. The van der Waals surface area contributed by atoms with E-state index in [-0.39, 0.29) is 47.1 Å². The van der Waals surface area contributed by atoms with Crippen LogP contribution in [0.3, 0.4) is 0 Å². The van der Waals surface area contributed by atoms with Gasteiger partial charge in [0.1, 0.15) is 5.69 Å². The van der Waals surface area contributed by atoms with Crippen LogP contribution >= 0.6 is 0 Å². The second kappa shape index (κ2) is 11.5. The Kier molecular flexibility index (Phi) is 8.32. The number of hydrogen-bond donors (Lipinski definition) is 5. The lowest BCUT2D eigenvalue weighted by atomic mass is 9.91. The summed E-state index contributed by atoms with van der Waals surface area (Å²) in [6, 6.07) is 3.58. The minimum Gasteiger partial charge on any atom is -0.465 e. The van der Waals surface area contributed by atoms with Crippen molar-refractivity contribution in [3.8, 4) is 0 Å². The number of hydrogen-bond acceptors (Lipinski definition) is 9. The van der Waals surface area contributed by atoms with Crippen LogP contribution in [0.2, 0.25) is 0 Å². The first kappa shape index (κ1) is 28.9. The number of carboxylic acid groups (broad SMARTS) is 1. The van der Waals surface area contributed by atoms with E-state index in [4.69, 9.17) is 5.11 Å². The minimum absolute atomic E-state index is 0.00510. The van der Waals surface area contributed by atoms with Gasteiger partial charge in [0.25, 0.3) is 0 Å². The third-order valence-electron chi connectivity index (χ3n) is 6.93. The van der Waals surface area contributed by atoms with E-state index in [0.29, 0.717) is 42.9 Å². The summed E-state index contributed by atoms with van der Waals surface area (Å²) in [5, 5.41) is 19.9. The Labute approximate surface area is 232 Å². The fourth-order valence-electron chi connectivity index (χ4n) is 4.76. The molecule has 0 bridgehead atoms. The number of rotatable bonds is 7. The lowest BCUT2D eigenvalue weighted by Gasteiger charge is -2.36. The van der Waals surface area contributed by atoms with Gasteiger partial charge in [0.15, 0.2) is 15.7 Å². The number of amides is 4. The summed E-state index contributed by atoms with van der Waals surface area (Å²) >= 11 is 0. The maximum absolute atomic E-state index is 12.7. The molecule has 15 heteroatoms. The fourth-order valence-corrected chi connectivity index (χ4v) is 5.44. The van der Waals surface area contributed by atoms with E-state index >= 15 is 0 Å². The highest BCUT2D eigenvalue weighted by Gasteiger charge is 2.30. The molecule has 1 aromatic carbocycles. The summed E-state index contributed by atoms with van der Waals surface area (Å²) in [6.07, 6.45) is 3.97. The molecule has 4 amide bonds. The quantitative estimate of drug-likeness (QED) is 0.329. The molecular weight excluding hydrogens is 540 g/mol. The first-order valence-corrected chi connectivity index (χ1v) is 14.8. The summed E-state index contributed by atoms with van der Waals surface area (Å²) in [6.45, 7) is 4.08. The van der Waals surface area contributed by atoms with Gasteiger partial charge in [-0.1, -0.05) is 0 Å². The first-order valence-electron chi connectivity index (χ1n) is 12.9.